The normalized spacial score (nSPS) is 12.5. The number of allylic oxidation sites excluding steroid dienone is 3. The molecule has 0 saturated carbocycles. The minimum Gasteiger partial charge on any atom is -0.392 e. The standard InChI is InChI=1S/C19H20O/c1-16(17-10-4-2-5-11-17)19(14-8-9-15-20)18-12-6-3-7-13-18/h2-13,20H,14-15H2,1H3/b9-8+,19-16-. The van der Waals surface area contributed by atoms with E-state index in [0.29, 0.717) is 0 Å². The van der Waals surface area contributed by atoms with E-state index in [1.165, 1.54) is 22.3 Å². The lowest BCUT2D eigenvalue weighted by Crippen LogP contribution is -1.89. The molecule has 0 aliphatic heterocycles. The minimum atomic E-state index is 0.0897. The highest BCUT2D eigenvalue weighted by molar-refractivity contribution is 5.90. The molecule has 0 radical (unpaired) electrons. The molecular weight excluding hydrogens is 244 g/mol. The quantitative estimate of drug-likeness (QED) is 0.620. The Labute approximate surface area is 120 Å². The van der Waals surface area contributed by atoms with Crippen molar-refractivity contribution in [1.82, 2.24) is 0 Å². The molecule has 1 N–H and O–H groups in total. The van der Waals surface area contributed by atoms with Gasteiger partial charge in [-0.3, -0.25) is 0 Å². The maximum Gasteiger partial charge on any atom is 0.0612 e. The van der Waals surface area contributed by atoms with Gasteiger partial charge < -0.3 is 5.11 Å². The highest BCUT2D eigenvalue weighted by Crippen LogP contribution is 2.28. The van der Waals surface area contributed by atoms with Crippen molar-refractivity contribution in [3.63, 3.8) is 0 Å². The molecule has 0 heterocycles. The zero-order valence-corrected chi connectivity index (χ0v) is 11.8. The average molecular weight is 264 g/mol. The summed E-state index contributed by atoms with van der Waals surface area (Å²) in [5.41, 5.74) is 5.04. The lowest BCUT2D eigenvalue weighted by atomic mass is 9.93. The summed E-state index contributed by atoms with van der Waals surface area (Å²) < 4.78 is 0. The molecule has 20 heavy (non-hydrogen) atoms. The fourth-order valence-corrected chi connectivity index (χ4v) is 2.26. The van der Waals surface area contributed by atoms with Crippen LogP contribution in [0.15, 0.2) is 72.8 Å². The lowest BCUT2D eigenvalue weighted by Gasteiger charge is -2.12. The van der Waals surface area contributed by atoms with Crippen LogP contribution in [0.2, 0.25) is 0 Å². The van der Waals surface area contributed by atoms with Crippen molar-refractivity contribution < 1.29 is 5.11 Å². The van der Waals surface area contributed by atoms with Gasteiger partial charge in [0.25, 0.3) is 0 Å². The van der Waals surface area contributed by atoms with Crippen molar-refractivity contribution in [3.8, 4) is 0 Å². The van der Waals surface area contributed by atoms with E-state index in [1.807, 2.05) is 18.2 Å². The van der Waals surface area contributed by atoms with E-state index < -0.39 is 0 Å². The van der Waals surface area contributed by atoms with Gasteiger partial charge in [-0.15, -0.1) is 0 Å². The van der Waals surface area contributed by atoms with Crippen molar-refractivity contribution in [2.45, 2.75) is 13.3 Å². The first-order valence-electron chi connectivity index (χ1n) is 6.89. The highest BCUT2D eigenvalue weighted by atomic mass is 16.2. The Kier molecular flexibility index (Phi) is 5.33. The number of aliphatic hydroxyl groups is 1. The van der Waals surface area contributed by atoms with Crippen LogP contribution in [-0.4, -0.2) is 11.7 Å². The highest BCUT2D eigenvalue weighted by Gasteiger charge is 2.06. The molecular formula is C19H20O. The van der Waals surface area contributed by atoms with E-state index in [0.717, 1.165) is 6.42 Å². The first-order valence-corrected chi connectivity index (χ1v) is 6.89. The first kappa shape index (κ1) is 14.3. The summed E-state index contributed by atoms with van der Waals surface area (Å²) in [5.74, 6) is 0. The summed E-state index contributed by atoms with van der Waals surface area (Å²) in [6.45, 7) is 2.25. The molecule has 2 rings (SSSR count). The Bertz CT molecular complexity index is 580. The average Bonchev–Trinajstić information content (AvgIpc) is 2.53. The molecule has 1 heteroatoms. The first-order chi connectivity index (χ1) is 9.83. The molecule has 0 fully saturated rings. The molecule has 0 unspecified atom stereocenters. The topological polar surface area (TPSA) is 20.2 Å². The molecule has 0 aromatic heterocycles. The van der Waals surface area contributed by atoms with Gasteiger partial charge in [0, 0.05) is 0 Å². The fourth-order valence-electron chi connectivity index (χ4n) is 2.26. The van der Waals surface area contributed by atoms with Gasteiger partial charge in [-0.1, -0.05) is 72.8 Å². The van der Waals surface area contributed by atoms with Crippen LogP contribution in [-0.2, 0) is 0 Å². The van der Waals surface area contributed by atoms with Crippen molar-refractivity contribution in [2.24, 2.45) is 0 Å². The van der Waals surface area contributed by atoms with Gasteiger partial charge in [0.05, 0.1) is 6.61 Å². The van der Waals surface area contributed by atoms with Crippen LogP contribution >= 0.6 is 0 Å². The van der Waals surface area contributed by atoms with E-state index in [2.05, 4.69) is 55.5 Å². The zero-order valence-electron chi connectivity index (χ0n) is 11.8. The Morgan fingerprint density at radius 1 is 0.850 bits per heavy atom. The zero-order chi connectivity index (χ0) is 14.2. The number of hydrogen-bond donors (Lipinski definition) is 1. The molecule has 0 aliphatic rings. The number of aliphatic hydroxyl groups excluding tert-OH is 1. The largest absolute Gasteiger partial charge is 0.392 e. The predicted octanol–water partition coefficient (Wildman–Crippen LogP) is 4.56. The second-order valence-electron chi connectivity index (χ2n) is 4.69. The molecule has 2 aromatic carbocycles. The Hall–Kier alpha value is -2.12. The third kappa shape index (κ3) is 3.69. The Morgan fingerprint density at radius 2 is 1.40 bits per heavy atom. The van der Waals surface area contributed by atoms with Gasteiger partial charge in [0.2, 0.25) is 0 Å². The fraction of sp³-hybridized carbons (Fsp3) is 0.158. The van der Waals surface area contributed by atoms with Gasteiger partial charge in [0.1, 0.15) is 0 Å². The van der Waals surface area contributed by atoms with Crippen molar-refractivity contribution >= 4 is 11.1 Å². The molecule has 0 bridgehead atoms. The molecule has 0 aliphatic carbocycles. The SMILES string of the molecule is C/C(=C(\C/C=C/CO)c1ccccc1)c1ccccc1. The molecule has 102 valence electrons. The van der Waals surface area contributed by atoms with Gasteiger partial charge in [-0.25, -0.2) is 0 Å². The second kappa shape index (κ2) is 7.46. The van der Waals surface area contributed by atoms with Crippen LogP contribution in [0.4, 0.5) is 0 Å². The van der Waals surface area contributed by atoms with Gasteiger partial charge in [-0.2, -0.15) is 0 Å². The van der Waals surface area contributed by atoms with Crippen LogP contribution in [0.3, 0.4) is 0 Å². The van der Waals surface area contributed by atoms with Crippen LogP contribution in [0.25, 0.3) is 11.1 Å². The number of hydrogen-bond acceptors (Lipinski definition) is 1. The Morgan fingerprint density at radius 3 is 1.95 bits per heavy atom. The molecule has 0 spiro atoms. The van der Waals surface area contributed by atoms with Crippen molar-refractivity contribution in [2.75, 3.05) is 6.61 Å². The van der Waals surface area contributed by atoms with E-state index in [-0.39, 0.29) is 6.61 Å². The van der Waals surface area contributed by atoms with Crippen LogP contribution in [0.1, 0.15) is 24.5 Å². The lowest BCUT2D eigenvalue weighted by molar-refractivity contribution is 0.342. The van der Waals surface area contributed by atoms with Gasteiger partial charge in [0.15, 0.2) is 0 Å². The molecule has 1 nitrogen and oxygen atoms in total. The van der Waals surface area contributed by atoms with Crippen molar-refractivity contribution in [3.05, 3.63) is 83.9 Å². The van der Waals surface area contributed by atoms with Crippen LogP contribution in [0, 0.1) is 0 Å². The number of rotatable bonds is 5. The van der Waals surface area contributed by atoms with E-state index in [1.54, 1.807) is 6.08 Å². The predicted molar refractivity (Wildman–Crippen MR) is 86.2 cm³/mol. The smallest absolute Gasteiger partial charge is 0.0612 e. The van der Waals surface area contributed by atoms with Crippen LogP contribution in [0.5, 0.6) is 0 Å². The third-order valence-electron chi connectivity index (χ3n) is 3.38. The van der Waals surface area contributed by atoms with E-state index in [9.17, 15) is 0 Å². The van der Waals surface area contributed by atoms with E-state index >= 15 is 0 Å². The van der Waals surface area contributed by atoms with E-state index in [4.69, 9.17) is 5.11 Å². The summed E-state index contributed by atoms with van der Waals surface area (Å²) in [6, 6.07) is 20.8. The van der Waals surface area contributed by atoms with Crippen LogP contribution < -0.4 is 0 Å². The summed E-state index contributed by atoms with van der Waals surface area (Å²) in [7, 11) is 0. The maximum atomic E-state index is 8.90. The molecule has 0 atom stereocenters. The maximum absolute atomic E-state index is 8.90. The summed E-state index contributed by atoms with van der Waals surface area (Å²) in [4.78, 5) is 0. The third-order valence-corrected chi connectivity index (χ3v) is 3.38. The molecule has 0 saturated heterocycles. The summed E-state index contributed by atoms with van der Waals surface area (Å²) in [5, 5.41) is 8.90. The Balaban J connectivity index is 2.43. The monoisotopic (exact) mass is 264 g/mol. The van der Waals surface area contributed by atoms with Crippen molar-refractivity contribution in [1.29, 1.82) is 0 Å². The van der Waals surface area contributed by atoms with Gasteiger partial charge >= 0.3 is 0 Å². The minimum absolute atomic E-state index is 0.0897. The molecule has 2 aromatic rings. The summed E-state index contributed by atoms with van der Waals surface area (Å²) in [6.07, 6.45) is 4.64. The second-order valence-corrected chi connectivity index (χ2v) is 4.69. The summed E-state index contributed by atoms with van der Waals surface area (Å²) >= 11 is 0. The number of benzene rings is 2. The van der Waals surface area contributed by atoms with Gasteiger partial charge in [-0.05, 0) is 35.6 Å². The molecule has 0 amide bonds.